The summed E-state index contributed by atoms with van der Waals surface area (Å²) >= 11 is 0. The average Bonchev–Trinajstić information content (AvgIpc) is 2.67. The fraction of sp³-hybridized carbons (Fsp3) is 0.154. The van der Waals surface area contributed by atoms with Crippen LogP contribution in [0, 0.1) is 0 Å². The van der Waals surface area contributed by atoms with E-state index in [1.165, 1.54) is 6.08 Å². The molecule has 0 amide bonds. The first-order valence-corrected chi connectivity index (χ1v) is 5.02. The first-order valence-electron chi connectivity index (χ1n) is 5.02. The van der Waals surface area contributed by atoms with Gasteiger partial charge in [0.25, 0.3) is 0 Å². The van der Waals surface area contributed by atoms with Crippen molar-refractivity contribution in [2.75, 3.05) is 0 Å². The molecule has 0 radical (unpaired) electrons. The Balaban J connectivity index is 2.75. The molecule has 2 nitrogen and oxygen atoms in total. The van der Waals surface area contributed by atoms with Crippen LogP contribution in [0.1, 0.15) is 17.3 Å². The molecule has 15 heavy (non-hydrogen) atoms. The van der Waals surface area contributed by atoms with Crippen LogP contribution in [0.2, 0.25) is 0 Å². The van der Waals surface area contributed by atoms with Crippen molar-refractivity contribution in [2.45, 2.75) is 13.5 Å². The lowest BCUT2D eigenvalue weighted by Crippen LogP contribution is -1.92. The van der Waals surface area contributed by atoms with E-state index >= 15 is 0 Å². The number of allylic oxidation sites excluding steroid dienone is 1. The van der Waals surface area contributed by atoms with Crippen LogP contribution in [0.25, 0.3) is 10.9 Å². The number of carbonyl (C=O) groups is 1. The van der Waals surface area contributed by atoms with E-state index in [1.807, 2.05) is 30.5 Å². The summed E-state index contributed by atoms with van der Waals surface area (Å²) in [6, 6.07) is 7.93. The molecule has 1 aromatic carbocycles. The Kier molecular flexibility index (Phi) is 2.42. The molecule has 0 spiro atoms. The van der Waals surface area contributed by atoms with E-state index in [9.17, 15) is 4.79 Å². The standard InChI is InChI=1S/C13H13NO/c1-3-13(15)11-9-14(4-2)12-8-6-5-7-10(11)12/h3,5-9H,1,4H2,2H3. The topological polar surface area (TPSA) is 22.0 Å². The Bertz CT molecular complexity index is 522. The molecule has 1 heterocycles. The van der Waals surface area contributed by atoms with Crippen LogP contribution in [0.5, 0.6) is 0 Å². The van der Waals surface area contributed by atoms with Crippen molar-refractivity contribution in [3.8, 4) is 0 Å². The molecule has 0 saturated heterocycles. The van der Waals surface area contributed by atoms with Crippen LogP contribution in [0.15, 0.2) is 43.1 Å². The number of para-hydroxylation sites is 1. The van der Waals surface area contributed by atoms with E-state index < -0.39 is 0 Å². The molecule has 0 aliphatic rings. The second-order valence-corrected chi connectivity index (χ2v) is 3.41. The summed E-state index contributed by atoms with van der Waals surface area (Å²) in [6.45, 7) is 6.45. The summed E-state index contributed by atoms with van der Waals surface area (Å²) in [5.74, 6) is -0.0154. The van der Waals surface area contributed by atoms with Crippen LogP contribution in [0.3, 0.4) is 0 Å². The van der Waals surface area contributed by atoms with Gasteiger partial charge >= 0.3 is 0 Å². The molecule has 0 atom stereocenters. The van der Waals surface area contributed by atoms with Crippen molar-refractivity contribution >= 4 is 16.7 Å². The molecule has 0 unspecified atom stereocenters. The largest absolute Gasteiger partial charge is 0.347 e. The molecule has 1 aromatic heterocycles. The van der Waals surface area contributed by atoms with Crippen LogP contribution >= 0.6 is 0 Å². The van der Waals surface area contributed by atoms with Crippen LogP contribution in [0.4, 0.5) is 0 Å². The SMILES string of the molecule is C=CC(=O)c1cn(CC)c2ccccc12. The summed E-state index contributed by atoms with van der Waals surface area (Å²) in [5.41, 5.74) is 1.84. The lowest BCUT2D eigenvalue weighted by atomic mass is 10.1. The molecule has 0 fully saturated rings. The Hall–Kier alpha value is -1.83. The summed E-state index contributed by atoms with van der Waals surface area (Å²) < 4.78 is 2.08. The highest BCUT2D eigenvalue weighted by Gasteiger charge is 2.10. The van der Waals surface area contributed by atoms with Crippen molar-refractivity contribution in [3.05, 3.63) is 48.7 Å². The van der Waals surface area contributed by atoms with Crippen molar-refractivity contribution < 1.29 is 4.79 Å². The molecule has 0 bridgehead atoms. The van der Waals surface area contributed by atoms with Gasteiger partial charge in [-0.15, -0.1) is 0 Å². The number of ketones is 1. The van der Waals surface area contributed by atoms with Gasteiger partial charge in [-0.1, -0.05) is 24.8 Å². The van der Waals surface area contributed by atoms with E-state index in [-0.39, 0.29) is 5.78 Å². The number of nitrogens with zero attached hydrogens (tertiary/aromatic N) is 1. The first-order chi connectivity index (χ1) is 7.27. The quantitative estimate of drug-likeness (QED) is 0.550. The molecule has 2 rings (SSSR count). The molecule has 0 aliphatic heterocycles. The van der Waals surface area contributed by atoms with Crippen LogP contribution < -0.4 is 0 Å². The number of fused-ring (bicyclic) bond motifs is 1. The maximum atomic E-state index is 11.6. The predicted molar refractivity (Wildman–Crippen MR) is 62.1 cm³/mol. The van der Waals surface area contributed by atoms with Crippen molar-refractivity contribution in [1.82, 2.24) is 4.57 Å². The molecule has 2 aromatic rings. The third-order valence-electron chi connectivity index (χ3n) is 2.58. The fourth-order valence-electron chi connectivity index (χ4n) is 1.81. The number of carbonyl (C=O) groups excluding carboxylic acids is 1. The number of benzene rings is 1. The van der Waals surface area contributed by atoms with Gasteiger partial charge in [-0.3, -0.25) is 4.79 Å². The van der Waals surface area contributed by atoms with E-state index in [1.54, 1.807) is 0 Å². The van der Waals surface area contributed by atoms with Gasteiger partial charge in [-0.2, -0.15) is 0 Å². The Morgan fingerprint density at radius 3 is 2.87 bits per heavy atom. The molecule has 0 saturated carbocycles. The van der Waals surface area contributed by atoms with Gasteiger partial charge in [0.15, 0.2) is 5.78 Å². The molecule has 0 aliphatic carbocycles. The average molecular weight is 199 g/mol. The number of aromatic nitrogens is 1. The minimum absolute atomic E-state index is 0.0154. The Labute approximate surface area is 88.8 Å². The van der Waals surface area contributed by atoms with Gasteiger partial charge in [-0.05, 0) is 19.1 Å². The Morgan fingerprint density at radius 1 is 1.47 bits per heavy atom. The van der Waals surface area contributed by atoms with Gasteiger partial charge in [0, 0.05) is 29.2 Å². The smallest absolute Gasteiger partial charge is 0.187 e. The molecule has 2 heteroatoms. The van der Waals surface area contributed by atoms with Crippen molar-refractivity contribution in [1.29, 1.82) is 0 Å². The summed E-state index contributed by atoms with van der Waals surface area (Å²) in [4.78, 5) is 11.6. The predicted octanol–water partition coefficient (Wildman–Crippen LogP) is 3.03. The second-order valence-electron chi connectivity index (χ2n) is 3.41. The highest BCUT2D eigenvalue weighted by molar-refractivity contribution is 6.13. The van der Waals surface area contributed by atoms with Gasteiger partial charge in [-0.25, -0.2) is 0 Å². The highest BCUT2D eigenvalue weighted by atomic mass is 16.1. The Morgan fingerprint density at radius 2 is 2.20 bits per heavy atom. The second kappa shape index (κ2) is 3.73. The molecular weight excluding hydrogens is 186 g/mol. The molecular formula is C13H13NO. The van der Waals surface area contributed by atoms with Gasteiger partial charge in [0.1, 0.15) is 0 Å². The van der Waals surface area contributed by atoms with E-state index in [2.05, 4.69) is 18.1 Å². The van der Waals surface area contributed by atoms with Crippen molar-refractivity contribution in [2.24, 2.45) is 0 Å². The van der Waals surface area contributed by atoms with Gasteiger partial charge in [0.05, 0.1) is 0 Å². The molecule has 76 valence electrons. The van der Waals surface area contributed by atoms with E-state index in [0.29, 0.717) is 0 Å². The first kappa shape index (κ1) is 9.71. The number of hydrogen-bond acceptors (Lipinski definition) is 1. The lowest BCUT2D eigenvalue weighted by Gasteiger charge is -1.97. The number of aryl methyl sites for hydroxylation is 1. The van der Waals surface area contributed by atoms with Crippen LogP contribution in [-0.2, 0) is 6.54 Å². The zero-order valence-electron chi connectivity index (χ0n) is 8.73. The van der Waals surface area contributed by atoms with Gasteiger partial charge in [0.2, 0.25) is 0 Å². The summed E-state index contributed by atoms with van der Waals surface area (Å²) in [5, 5.41) is 1.00. The third kappa shape index (κ3) is 1.48. The minimum atomic E-state index is -0.0154. The van der Waals surface area contributed by atoms with Crippen molar-refractivity contribution in [3.63, 3.8) is 0 Å². The maximum absolute atomic E-state index is 11.6. The normalized spacial score (nSPS) is 10.5. The maximum Gasteiger partial charge on any atom is 0.187 e. The monoisotopic (exact) mass is 199 g/mol. The minimum Gasteiger partial charge on any atom is -0.347 e. The van der Waals surface area contributed by atoms with Crippen LogP contribution in [-0.4, -0.2) is 10.4 Å². The summed E-state index contributed by atoms with van der Waals surface area (Å²) in [7, 11) is 0. The molecule has 0 N–H and O–H groups in total. The zero-order chi connectivity index (χ0) is 10.8. The fourth-order valence-corrected chi connectivity index (χ4v) is 1.81. The highest BCUT2D eigenvalue weighted by Crippen LogP contribution is 2.21. The number of hydrogen-bond donors (Lipinski definition) is 0. The van der Waals surface area contributed by atoms with Gasteiger partial charge < -0.3 is 4.57 Å². The lowest BCUT2D eigenvalue weighted by molar-refractivity contribution is 0.104. The van der Waals surface area contributed by atoms with E-state index in [4.69, 9.17) is 0 Å². The summed E-state index contributed by atoms with van der Waals surface area (Å²) in [6.07, 6.45) is 3.26. The third-order valence-corrected chi connectivity index (χ3v) is 2.58. The van der Waals surface area contributed by atoms with E-state index in [0.717, 1.165) is 23.0 Å². The zero-order valence-corrected chi connectivity index (χ0v) is 8.73. The number of rotatable bonds is 3.